The van der Waals surface area contributed by atoms with Crippen LogP contribution in [-0.4, -0.2) is 15.0 Å². The van der Waals surface area contributed by atoms with Gasteiger partial charge < -0.3 is 10.5 Å². The second-order valence-corrected chi connectivity index (χ2v) is 14.1. The van der Waals surface area contributed by atoms with E-state index in [1.807, 2.05) is 48.5 Å². The van der Waals surface area contributed by atoms with Crippen LogP contribution in [0.2, 0.25) is 0 Å². The number of rotatable bonds is 4. The maximum atomic E-state index is 7.33. The lowest BCUT2D eigenvalue weighted by Crippen LogP contribution is -2.32. The van der Waals surface area contributed by atoms with Crippen LogP contribution < -0.4 is 10.5 Å². The standard InChI is InChI=1S/C50H32N4O/c51-34-19-10-18-33(30-34)36-23-12-28-43-45(36)55-46-40(25-13-29-44(46)50(43)41-26-8-6-21-37(41)38-22-7-9-27-42(38)50)49-53-47(32-15-2-1-3-16-32)52-48(54-49)39-24-11-17-31-14-4-5-20-35(31)39/h1-30H,51H2. The number of benzene rings is 8. The fraction of sp³-hybridized carbons (Fsp3) is 0.0200. The van der Waals surface area contributed by atoms with Crippen molar-refractivity contribution in [2.45, 2.75) is 5.41 Å². The normalized spacial score (nSPS) is 13.1. The van der Waals surface area contributed by atoms with Gasteiger partial charge in [-0.15, -0.1) is 0 Å². The number of hydrogen-bond donors (Lipinski definition) is 1. The summed E-state index contributed by atoms with van der Waals surface area (Å²) in [6.07, 6.45) is 0. The highest BCUT2D eigenvalue weighted by atomic mass is 16.5. The van der Waals surface area contributed by atoms with Gasteiger partial charge in [-0.2, -0.15) is 0 Å². The van der Waals surface area contributed by atoms with Crippen LogP contribution >= 0.6 is 0 Å². The quantitative estimate of drug-likeness (QED) is 0.185. The van der Waals surface area contributed by atoms with E-state index in [0.29, 0.717) is 28.9 Å². The largest absolute Gasteiger partial charge is 0.455 e. The predicted octanol–water partition coefficient (Wildman–Crippen LogP) is 11.7. The first-order chi connectivity index (χ1) is 27.2. The van der Waals surface area contributed by atoms with Crippen molar-refractivity contribution in [1.29, 1.82) is 0 Å². The zero-order valence-electron chi connectivity index (χ0n) is 29.6. The molecule has 1 aliphatic carbocycles. The van der Waals surface area contributed by atoms with Crippen LogP contribution in [0.3, 0.4) is 0 Å². The van der Waals surface area contributed by atoms with E-state index in [2.05, 4.69) is 133 Å². The van der Waals surface area contributed by atoms with Crippen molar-refractivity contribution in [3.05, 3.63) is 204 Å². The van der Waals surface area contributed by atoms with E-state index in [-0.39, 0.29) is 0 Å². The minimum atomic E-state index is -0.684. The van der Waals surface area contributed by atoms with Gasteiger partial charge in [0.15, 0.2) is 17.5 Å². The summed E-state index contributed by atoms with van der Waals surface area (Å²) in [6.45, 7) is 0. The molecule has 0 fully saturated rings. The third kappa shape index (κ3) is 4.63. The highest BCUT2D eigenvalue weighted by molar-refractivity contribution is 5.96. The summed E-state index contributed by atoms with van der Waals surface area (Å²) in [5.41, 5.74) is 17.9. The Morgan fingerprint density at radius 1 is 0.382 bits per heavy atom. The summed E-state index contributed by atoms with van der Waals surface area (Å²) in [7, 11) is 0. The van der Waals surface area contributed by atoms with Gasteiger partial charge in [-0.3, -0.25) is 0 Å². The van der Waals surface area contributed by atoms with E-state index in [9.17, 15) is 0 Å². The molecule has 0 radical (unpaired) electrons. The molecule has 0 saturated heterocycles. The van der Waals surface area contributed by atoms with Crippen LogP contribution in [0.1, 0.15) is 22.3 Å². The molecule has 55 heavy (non-hydrogen) atoms. The highest BCUT2D eigenvalue weighted by Gasteiger charge is 2.52. The van der Waals surface area contributed by atoms with Crippen LogP contribution in [0.5, 0.6) is 11.5 Å². The summed E-state index contributed by atoms with van der Waals surface area (Å²) < 4.78 is 7.33. The van der Waals surface area contributed by atoms with E-state index in [1.54, 1.807) is 0 Å². The van der Waals surface area contributed by atoms with E-state index < -0.39 is 5.41 Å². The van der Waals surface area contributed by atoms with Gasteiger partial charge in [0.1, 0.15) is 11.5 Å². The smallest absolute Gasteiger partial charge is 0.167 e. The molecule has 5 heteroatoms. The minimum absolute atomic E-state index is 0.535. The number of para-hydroxylation sites is 2. The van der Waals surface area contributed by atoms with Crippen LogP contribution in [0, 0.1) is 0 Å². The van der Waals surface area contributed by atoms with E-state index in [1.165, 1.54) is 22.3 Å². The molecule has 2 N–H and O–H groups in total. The Labute approximate surface area is 318 Å². The predicted molar refractivity (Wildman–Crippen MR) is 221 cm³/mol. The average Bonchev–Trinajstić information content (AvgIpc) is 3.54. The number of nitrogens with two attached hydrogens (primary N) is 1. The molecular formula is C50H32N4O. The molecule has 0 bridgehead atoms. The van der Waals surface area contributed by atoms with E-state index >= 15 is 0 Å². The van der Waals surface area contributed by atoms with E-state index in [0.717, 1.165) is 55.5 Å². The zero-order chi connectivity index (χ0) is 36.5. The molecule has 8 aromatic carbocycles. The molecule has 0 unspecified atom stereocenters. The molecule has 9 aromatic rings. The van der Waals surface area contributed by atoms with Crippen molar-refractivity contribution < 1.29 is 4.74 Å². The van der Waals surface area contributed by atoms with Crippen molar-refractivity contribution in [3.63, 3.8) is 0 Å². The first kappa shape index (κ1) is 31.2. The Morgan fingerprint density at radius 2 is 0.873 bits per heavy atom. The van der Waals surface area contributed by atoms with Crippen molar-refractivity contribution in [2.24, 2.45) is 0 Å². The first-order valence-corrected chi connectivity index (χ1v) is 18.5. The number of nitrogen functional groups attached to an aromatic ring is 1. The molecule has 1 aromatic heterocycles. The van der Waals surface area contributed by atoms with Gasteiger partial charge in [0.05, 0.1) is 11.0 Å². The lowest BCUT2D eigenvalue weighted by Gasteiger charge is -2.40. The Kier molecular flexibility index (Phi) is 6.85. The molecule has 5 nitrogen and oxygen atoms in total. The zero-order valence-corrected chi connectivity index (χ0v) is 29.6. The number of hydrogen-bond acceptors (Lipinski definition) is 5. The summed E-state index contributed by atoms with van der Waals surface area (Å²) in [5.74, 6) is 3.22. The average molecular weight is 705 g/mol. The van der Waals surface area contributed by atoms with Gasteiger partial charge in [0.25, 0.3) is 0 Å². The van der Waals surface area contributed by atoms with E-state index in [4.69, 9.17) is 25.4 Å². The van der Waals surface area contributed by atoms with Gasteiger partial charge in [-0.05, 0) is 56.8 Å². The summed E-state index contributed by atoms with van der Waals surface area (Å²) >= 11 is 0. The number of aromatic nitrogens is 3. The second-order valence-electron chi connectivity index (χ2n) is 14.1. The number of fused-ring (bicyclic) bond motifs is 10. The topological polar surface area (TPSA) is 73.9 Å². The number of ether oxygens (including phenoxy) is 1. The monoisotopic (exact) mass is 704 g/mol. The van der Waals surface area contributed by atoms with Crippen LogP contribution in [0.15, 0.2) is 182 Å². The molecule has 0 saturated carbocycles. The van der Waals surface area contributed by atoms with Gasteiger partial charge in [0, 0.05) is 33.5 Å². The van der Waals surface area contributed by atoms with Gasteiger partial charge in [-0.25, -0.2) is 15.0 Å². The lowest BCUT2D eigenvalue weighted by molar-refractivity contribution is 0.439. The van der Waals surface area contributed by atoms with Crippen LogP contribution in [0.4, 0.5) is 5.69 Å². The van der Waals surface area contributed by atoms with Gasteiger partial charge >= 0.3 is 0 Å². The Balaban J connectivity index is 1.23. The highest BCUT2D eigenvalue weighted by Crippen LogP contribution is 2.64. The fourth-order valence-electron chi connectivity index (χ4n) is 8.81. The van der Waals surface area contributed by atoms with Gasteiger partial charge in [-0.1, -0.05) is 164 Å². The van der Waals surface area contributed by atoms with Gasteiger partial charge in [0.2, 0.25) is 0 Å². The van der Waals surface area contributed by atoms with Crippen LogP contribution in [0.25, 0.3) is 67.2 Å². The SMILES string of the molecule is Nc1cccc(-c2cccc3c2Oc2c(-c4nc(-c5ccccc5)nc(-c5cccc6ccccc56)n4)cccc2C32c3ccccc3-c3ccccc32)c1. The second kappa shape index (κ2) is 12.1. The lowest BCUT2D eigenvalue weighted by atomic mass is 9.65. The summed E-state index contributed by atoms with van der Waals surface area (Å²) in [4.78, 5) is 15.6. The fourth-order valence-corrected chi connectivity index (χ4v) is 8.81. The third-order valence-electron chi connectivity index (χ3n) is 11.1. The first-order valence-electron chi connectivity index (χ1n) is 18.5. The summed E-state index contributed by atoms with van der Waals surface area (Å²) in [5, 5.41) is 2.20. The minimum Gasteiger partial charge on any atom is -0.455 e. The molecule has 1 spiro atoms. The van der Waals surface area contributed by atoms with Crippen molar-refractivity contribution in [1.82, 2.24) is 15.0 Å². The van der Waals surface area contributed by atoms with Crippen molar-refractivity contribution >= 4 is 16.5 Å². The molecular weight excluding hydrogens is 673 g/mol. The molecule has 2 heterocycles. The van der Waals surface area contributed by atoms with Crippen LogP contribution in [-0.2, 0) is 5.41 Å². The molecule has 11 rings (SSSR count). The molecule has 0 atom stereocenters. The maximum Gasteiger partial charge on any atom is 0.167 e. The molecule has 0 amide bonds. The van der Waals surface area contributed by atoms with Crippen molar-refractivity contribution in [2.75, 3.05) is 5.73 Å². The Hall–Kier alpha value is -7.37. The molecule has 258 valence electrons. The number of anilines is 1. The molecule has 1 aliphatic heterocycles. The third-order valence-corrected chi connectivity index (χ3v) is 11.1. The number of nitrogens with zero attached hydrogens (tertiary/aromatic N) is 3. The Bertz CT molecular complexity index is 2940. The maximum absolute atomic E-state index is 7.33. The van der Waals surface area contributed by atoms with Crippen molar-refractivity contribution in [3.8, 4) is 67.9 Å². The molecule has 2 aliphatic rings. The Morgan fingerprint density at radius 3 is 1.62 bits per heavy atom. The summed E-state index contributed by atoms with van der Waals surface area (Å²) in [6, 6.07) is 63.1.